The number of aryl methyl sites for hydroxylation is 1. The summed E-state index contributed by atoms with van der Waals surface area (Å²) in [5.74, 6) is 1.47. The molecular formula is C15H18N2O. The van der Waals surface area contributed by atoms with Crippen LogP contribution in [0.25, 0.3) is 0 Å². The van der Waals surface area contributed by atoms with E-state index in [1.165, 1.54) is 16.8 Å². The molecule has 2 aromatic heterocycles. The molecule has 1 N–H and O–H groups in total. The highest BCUT2D eigenvalue weighted by Gasteiger charge is 2.27. The summed E-state index contributed by atoms with van der Waals surface area (Å²) in [6, 6.07) is 6.31. The third-order valence-electron chi connectivity index (χ3n) is 3.65. The van der Waals surface area contributed by atoms with Gasteiger partial charge in [-0.25, -0.2) is 0 Å². The van der Waals surface area contributed by atoms with Crippen molar-refractivity contribution in [2.24, 2.45) is 0 Å². The Balaban J connectivity index is 1.90. The molecule has 0 aliphatic heterocycles. The zero-order chi connectivity index (χ0) is 12.4. The molecular weight excluding hydrogens is 224 g/mol. The molecule has 2 aromatic rings. The third kappa shape index (κ3) is 1.95. The van der Waals surface area contributed by atoms with Crippen LogP contribution in [0.4, 0.5) is 0 Å². The number of fused-ring (bicyclic) bond motifs is 1. The van der Waals surface area contributed by atoms with Gasteiger partial charge >= 0.3 is 0 Å². The van der Waals surface area contributed by atoms with Crippen LogP contribution in [0.2, 0.25) is 0 Å². The normalized spacial score (nSPS) is 17.9. The van der Waals surface area contributed by atoms with E-state index in [2.05, 4.69) is 29.4 Å². The number of aromatic nitrogens is 1. The number of hydrogen-bond donors (Lipinski definition) is 1. The molecule has 1 unspecified atom stereocenters. The molecule has 3 rings (SSSR count). The second kappa shape index (κ2) is 4.94. The Kier molecular flexibility index (Phi) is 3.15. The zero-order valence-corrected chi connectivity index (χ0v) is 10.6. The number of pyridine rings is 1. The first-order chi connectivity index (χ1) is 8.90. The topological polar surface area (TPSA) is 38.1 Å². The zero-order valence-electron chi connectivity index (χ0n) is 10.6. The molecule has 1 atom stereocenters. The van der Waals surface area contributed by atoms with E-state index in [1.807, 2.05) is 12.3 Å². The Labute approximate surface area is 107 Å². The summed E-state index contributed by atoms with van der Waals surface area (Å²) in [4.78, 5) is 4.56. The Morgan fingerprint density at radius 3 is 3.28 bits per heavy atom. The van der Waals surface area contributed by atoms with Crippen molar-refractivity contribution < 1.29 is 4.42 Å². The fourth-order valence-corrected chi connectivity index (χ4v) is 2.76. The predicted molar refractivity (Wildman–Crippen MR) is 70.5 cm³/mol. The monoisotopic (exact) mass is 242 g/mol. The molecule has 0 saturated heterocycles. The van der Waals surface area contributed by atoms with Gasteiger partial charge in [0.25, 0.3) is 0 Å². The minimum absolute atomic E-state index is 0.411. The third-order valence-corrected chi connectivity index (χ3v) is 3.65. The van der Waals surface area contributed by atoms with Crippen molar-refractivity contribution in [3.05, 3.63) is 53.2 Å². The van der Waals surface area contributed by atoms with Crippen molar-refractivity contribution in [3.63, 3.8) is 0 Å². The maximum atomic E-state index is 5.60. The van der Waals surface area contributed by atoms with E-state index >= 15 is 0 Å². The van der Waals surface area contributed by atoms with Crippen LogP contribution >= 0.6 is 0 Å². The van der Waals surface area contributed by atoms with Crippen LogP contribution in [0.15, 0.2) is 35.1 Å². The first-order valence-corrected chi connectivity index (χ1v) is 6.61. The van der Waals surface area contributed by atoms with Crippen LogP contribution in [0.5, 0.6) is 0 Å². The van der Waals surface area contributed by atoms with Gasteiger partial charge in [-0.15, -0.1) is 0 Å². The van der Waals surface area contributed by atoms with E-state index in [1.54, 1.807) is 6.26 Å². The molecule has 0 amide bonds. The fourth-order valence-electron chi connectivity index (χ4n) is 2.76. The lowest BCUT2D eigenvalue weighted by Crippen LogP contribution is -2.13. The molecule has 0 spiro atoms. The highest BCUT2D eigenvalue weighted by molar-refractivity contribution is 5.38. The van der Waals surface area contributed by atoms with Crippen LogP contribution < -0.4 is 5.32 Å². The second-order valence-electron chi connectivity index (χ2n) is 4.72. The van der Waals surface area contributed by atoms with Gasteiger partial charge in [0.2, 0.25) is 0 Å². The molecule has 0 saturated carbocycles. The molecule has 94 valence electrons. The lowest BCUT2D eigenvalue weighted by Gasteiger charge is -2.11. The fraction of sp³-hybridized carbons (Fsp3) is 0.400. The maximum absolute atomic E-state index is 5.60. The minimum Gasteiger partial charge on any atom is -0.468 e. The number of furan rings is 1. The average molecular weight is 242 g/mol. The van der Waals surface area contributed by atoms with Gasteiger partial charge in [0.05, 0.1) is 18.5 Å². The van der Waals surface area contributed by atoms with Crippen molar-refractivity contribution in [3.8, 4) is 0 Å². The predicted octanol–water partition coefficient (Wildman–Crippen LogP) is 2.86. The molecule has 18 heavy (non-hydrogen) atoms. The lowest BCUT2D eigenvalue weighted by molar-refractivity contribution is 0.479. The number of rotatable bonds is 4. The molecule has 0 bridgehead atoms. The SMILES string of the molecule is CCNCc1occc1C1CCc2cccnc21. The van der Waals surface area contributed by atoms with Crippen LogP contribution in [0, 0.1) is 0 Å². The number of nitrogens with zero attached hydrogens (tertiary/aromatic N) is 1. The van der Waals surface area contributed by atoms with Gasteiger partial charge in [0, 0.05) is 17.7 Å². The molecule has 0 fully saturated rings. The van der Waals surface area contributed by atoms with E-state index in [4.69, 9.17) is 4.42 Å². The van der Waals surface area contributed by atoms with Crippen molar-refractivity contribution in [1.82, 2.24) is 10.3 Å². The summed E-state index contributed by atoms with van der Waals surface area (Å²) in [7, 11) is 0. The van der Waals surface area contributed by atoms with Gasteiger partial charge in [0.15, 0.2) is 0 Å². The van der Waals surface area contributed by atoms with Gasteiger partial charge in [0.1, 0.15) is 5.76 Å². The smallest absolute Gasteiger partial charge is 0.121 e. The second-order valence-corrected chi connectivity index (χ2v) is 4.72. The molecule has 0 aromatic carbocycles. The first kappa shape index (κ1) is 11.5. The van der Waals surface area contributed by atoms with E-state index in [9.17, 15) is 0 Å². The van der Waals surface area contributed by atoms with E-state index < -0.39 is 0 Å². The van der Waals surface area contributed by atoms with Crippen LogP contribution in [-0.2, 0) is 13.0 Å². The molecule has 3 heteroatoms. The summed E-state index contributed by atoms with van der Waals surface area (Å²) in [6.07, 6.45) is 5.95. The van der Waals surface area contributed by atoms with Crippen molar-refractivity contribution in [2.75, 3.05) is 6.54 Å². The van der Waals surface area contributed by atoms with E-state index in [0.717, 1.165) is 31.7 Å². The largest absolute Gasteiger partial charge is 0.468 e. The summed E-state index contributed by atoms with van der Waals surface area (Å²) >= 11 is 0. The highest BCUT2D eigenvalue weighted by Crippen LogP contribution is 2.38. The van der Waals surface area contributed by atoms with Crippen molar-refractivity contribution >= 4 is 0 Å². The number of hydrogen-bond acceptors (Lipinski definition) is 3. The highest BCUT2D eigenvalue weighted by atomic mass is 16.3. The molecule has 2 heterocycles. The Morgan fingerprint density at radius 2 is 2.39 bits per heavy atom. The molecule has 1 aliphatic carbocycles. The van der Waals surface area contributed by atoms with Crippen LogP contribution in [0.3, 0.4) is 0 Å². The summed E-state index contributed by atoms with van der Waals surface area (Å²) in [5.41, 5.74) is 3.92. The lowest BCUT2D eigenvalue weighted by atomic mass is 9.97. The Morgan fingerprint density at radius 1 is 1.44 bits per heavy atom. The van der Waals surface area contributed by atoms with Crippen LogP contribution in [-0.4, -0.2) is 11.5 Å². The van der Waals surface area contributed by atoms with Crippen molar-refractivity contribution in [2.45, 2.75) is 32.2 Å². The molecule has 3 nitrogen and oxygen atoms in total. The first-order valence-electron chi connectivity index (χ1n) is 6.61. The maximum Gasteiger partial charge on any atom is 0.121 e. The van der Waals surface area contributed by atoms with Crippen molar-refractivity contribution in [1.29, 1.82) is 0 Å². The average Bonchev–Trinajstić information content (AvgIpc) is 3.02. The van der Waals surface area contributed by atoms with Gasteiger partial charge in [-0.2, -0.15) is 0 Å². The minimum atomic E-state index is 0.411. The Bertz CT molecular complexity index is 533. The quantitative estimate of drug-likeness (QED) is 0.896. The number of nitrogens with one attached hydrogen (secondary N) is 1. The standard InChI is InChI=1S/C15H18N2O/c1-2-16-10-14-12(7-9-18-14)13-6-5-11-4-3-8-17-15(11)13/h3-4,7-9,13,16H,2,5-6,10H2,1H3. The molecule has 0 radical (unpaired) electrons. The van der Waals surface area contributed by atoms with Gasteiger partial charge in [-0.1, -0.05) is 13.0 Å². The summed E-state index contributed by atoms with van der Waals surface area (Å²) < 4.78 is 5.60. The Hall–Kier alpha value is -1.61. The van der Waals surface area contributed by atoms with E-state index in [-0.39, 0.29) is 0 Å². The summed E-state index contributed by atoms with van der Waals surface area (Å²) in [6.45, 7) is 3.87. The van der Waals surface area contributed by atoms with Gasteiger partial charge in [-0.05, 0) is 37.1 Å². The van der Waals surface area contributed by atoms with E-state index in [0.29, 0.717) is 5.92 Å². The van der Waals surface area contributed by atoms with Gasteiger partial charge < -0.3 is 9.73 Å². The summed E-state index contributed by atoms with van der Waals surface area (Å²) in [5, 5.41) is 3.32. The molecule has 1 aliphatic rings. The van der Waals surface area contributed by atoms with Crippen LogP contribution in [0.1, 0.15) is 41.8 Å². The van der Waals surface area contributed by atoms with Gasteiger partial charge in [-0.3, -0.25) is 4.98 Å².